The summed E-state index contributed by atoms with van der Waals surface area (Å²) in [5.74, 6) is 0.242. The summed E-state index contributed by atoms with van der Waals surface area (Å²) in [6.07, 6.45) is 5.86. The van der Waals surface area contributed by atoms with Crippen LogP contribution in [-0.4, -0.2) is 14.4 Å². The van der Waals surface area contributed by atoms with Crippen LogP contribution in [0.3, 0.4) is 0 Å². The highest BCUT2D eigenvalue weighted by Gasteiger charge is 2.20. The first kappa shape index (κ1) is 20.3. The van der Waals surface area contributed by atoms with Crippen molar-refractivity contribution in [3.63, 3.8) is 0 Å². The molecule has 0 atom stereocenters. The van der Waals surface area contributed by atoms with Gasteiger partial charge in [-0.3, -0.25) is 10.1 Å². The van der Waals surface area contributed by atoms with Crippen molar-refractivity contribution in [3.8, 4) is 28.1 Å². The maximum atomic E-state index is 11.2. The molecule has 0 spiro atoms. The molecule has 0 unspecified atom stereocenters. The fraction of sp³-hybridized carbons (Fsp3) is 0. The van der Waals surface area contributed by atoms with E-state index in [1.165, 1.54) is 12.1 Å². The summed E-state index contributed by atoms with van der Waals surface area (Å²) in [5.41, 5.74) is 6.25. The number of benzene rings is 3. The molecule has 0 saturated heterocycles. The molecule has 0 aliphatic heterocycles. The van der Waals surface area contributed by atoms with Gasteiger partial charge in [0, 0.05) is 18.3 Å². The number of pyridine rings is 1. The molecule has 0 fully saturated rings. The predicted molar refractivity (Wildman–Crippen MR) is 132 cm³/mol. The highest BCUT2D eigenvalue weighted by Crippen LogP contribution is 2.43. The van der Waals surface area contributed by atoms with Crippen molar-refractivity contribution in [2.75, 3.05) is 0 Å². The third-order valence-corrected chi connectivity index (χ3v) is 5.61. The van der Waals surface area contributed by atoms with Crippen LogP contribution < -0.4 is 0 Å². The average molecular weight is 432 g/mol. The first-order valence-corrected chi connectivity index (χ1v) is 10.5. The second-order valence-electron chi connectivity index (χ2n) is 7.70. The van der Waals surface area contributed by atoms with Crippen molar-refractivity contribution < 1.29 is 10.0 Å². The molecule has 0 aliphatic rings. The Labute approximate surface area is 190 Å². The van der Waals surface area contributed by atoms with E-state index in [-0.39, 0.29) is 11.4 Å². The summed E-state index contributed by atoms with van der Waals surface area (Å²) in [7, 11) is 0. The molecular weight excluding hydrogens is 412 g/mol. The fourth-order valence-corrected chi connectivity index (χ4v) is 4.01. The van der Waals surface area contributed by atoms with Gasteiger partial charge in [0.25, 0.3) is 5.69 Å². The molecule has 0 bridgehead atoms. The lowest BCUT2D eigenvalue weighted by molar-refractivity contribution is -0.384. The van der Waals surface area contributed by atoms with Crippen LogP contribution >= 0.6 is 0 Å². The Morgan fingerprint density at radius 3 is 1.94 bits per heavy atom. The molecule has 33 heavy (non-hydrogen) atoms. The quantitative estimate of drug-likeness (QED) is 0.239. The van der Waals surface area contributed by atoms with E-state index in [1.54, 1.807) is 12.1 Å². The van der Waals surface area contributed by atoms with Gasteiger partial charge in [0.05, 0.1) is 21.7 Å². The summed E-state index contributed by atoms with van der Waals surface area (Å²) < 4.78 is 2.02. The first-order chi connectivity index (χ1) is 16.1. The third-order valence-electron chi connectivity index (χ3n) is 5.61. The number of non-ortho nitro benzene ring substituents is 1. The Balaban J connectivity index is 1.63. The van der Waals surface area contributed by atoms with Crippen LogP contribution in [0.15, 0.2) is 103 Å². The number of aromatic hydroxyl groups is 1. The van der Waals surface area contributed by atoms with Gasteiger partial charge in [0.15, 0.2) is 0 Å². The van der Waals surface area contributed by atoms with Gasteiger partial charge in [-0.1, -0.05) is 78.9 Å². The zero-order valence-electron chi connectivity index (χ0n) is 17.6. The molecule has 1 N–H and O–H groups in total. The number of hydrogen-bond acceptors (Lipinski definition) is 3. The summed E-state index contributed by atoms with van der Waals surface area (Å²) >= 11 is 0. The number of nitrogens with zero attached hydrogens (tertiary/aromatic N) is 2. The van der Waals surface area contributed by atoms with Crippen LogP contribution in [0, 0.1) is 10.1 Å². The summed E-state index contributed by atoms with van der Waals surface area (Å²) in [4.78, 5) is 10.5. The van der Waals surface area contributed by atoms with Gasteiger partial charge < -0.3 is 9.51 Å². The number of rotatable bonds is 5. The molecular formula is C28H20N2O3. The Hall–Kier alpha value is -4.64. The standard InChI is InChI=1S/C28H20N2O3/c31-28-25-18-15-21(12-11-20-13-16-24(17-14-20)30(32)33)19-29(25)27(23-9-5-2-6-10-23)26(28)22-7-3-1-4-8-22/h1-19,31H. The Morgan fingerprint density at radius 2 is 1.30 bits per heavy atom. The van der Waals surface area contributed by atoms with Crippen LogP contribution in [-0.2, 0) is 0 Å². The molecule has 2 aromatic heterocycles. The Morgan fingerprint density at radius 1 is 0.727 bits per heavy atom. The van der Waals surface area contributed by atoms with Crippen molar-refractivity contribution >= 4 is 23.4 Å². The second-order valence-corrected chi connectivity index (χ2v) is 7.70. The van der Waals surface area contributed by atoms with Crippen molar-refractivity contribution in [2.24, 2.45) is 0 Å². The lowest BCUT2D eigenvalue weighted by Crippen LogP contribution is -1.91. The molecule has 5 aromatic rings. The van der Waals surface area contributed by atoms with E-state index >= 15 is 0 Å². The van der Waals surface area contributed by atoms with E-state index < -0.39 is 4.92 Å². The molecule has 0 radical (unpaired) electrons. The number of nitro groups is 1. The van der Waals surface area contributed by atoms with Crippen molar-refractivity contribution in [2.45, 2.75) is 0 Å². The average Bonchev–Trinajstić information content (AvgIpc) is 3.15. The molecule has 5 rings (SSSR count). The molecule has 5 nitrogen and oxygen atoms in total. The largest absolute Gasteiger partial charge is 0.505 e. The molecule has 0 amide bonds. The zero-order chi connectivity index (χ0) is 22.8. The highest BCUT2D eigenvalue weighted by atomic mass is 16.6. The number of nitro benzene ring substituents is 1. The lowest BCUT2D eigenvalue weighted by atomic mass is 10.0. The molecule has 2 heterocycles. The van der Waals surface area contributed by atoms with Crippen LogP contribution in [0.2, 0.25) is 0 Å². The van der Waals surface area contributed by atoms with Crippen LogP contribution in [0.25, 0.3) is 40.1 Å². The number of fused-ring (bicyclic) bond motifs is 1. The van der Waals surface area contributed by atoms with Gasteiger partial charge in [-0.05, 0) is 40.5 Å². The van der Waals surface area contributed by atoms with Gasteiger partial charge in [-0.2, -0.15) is 0 Å². The second kappa shape index (κ2) is 8.48. The van der Waals surface area contributed by atoms with Crippen LogP contribution in [0.5, 0.6) is 5.75 Å². The van der Waals surface area contributed by atoms with E-state index in [2.05, 4.69) is 0 Å². The summed E-state index contributed by atoms with van der Waals surface area (Å²) in [6.45, 7) is 0. The van der Waals surface area contributed by atoms with E-state index in [1.807, 2.05) is 95.5 Å². The van der Waals surface area contributed by atoms with Gasteiger partial charge >= 0.3 is 0 Å². The monoisotopic (exact) mass is 432 g/mol. The summed E-state index contributed by atoms with van der Waals surface area (Å²) in [5, 5.41) is 22.0. The Bertz CT molecular complexity index is 1470. The topological polar surface area (TPSA) is 67.8 Å². The van der Waals surface area contributed by atoms with Gasteiger partial charge in [0.1, 0.15) is 5.75 Å². The van der Waals surface area contributed by atoms with E-state index in [9.17, 15) is 15.2 Å². The van der Waals surface area contributed by atoms with Gasteiger partial charge in [-0.25, -0.2) is 0 Å². The maximum absolute atomic E-state index is 11.2. The van der Waals surface area contributed by atoms with Crippen molar-refractivity contribution in [3.05, 3.63) is 124 Å². The minimum Gasteiger partial charge on any atom is -0.505 e. The van der Waals surface area contributed by atoms with Crippen molar-refractivity contribution in [1.29, 1.82) is 0 Å². The fourth-order valence-electron chi connectivity index (χ4n) is 4.01. The summed E-state index contributed by atoms with van der Waals surface area (Å²) in [6, 6.07) is 30.2. The van der Waals surface area contributed by atoms with E-state index in [0.29, 0.717) is 0 Å². The van der Waals surface area contributed by atoms with Crippen LogP contribution in [0.1, 0.15) is 11.1 Å². The Kier molecular flexibility index (Phi) is 5.21. The molecule has 0 aliphatic carbocycles. The van der Waals surface area contributed by atoms with Crippen molar-refractivity contribution in [1.82, 2.24) is 4.40 Å². The number of aromatic nitrogens is 1. The minimum atomic E-state index is -0.407. The van der Waals surface area contributed by atoms with Gasteiger partial charge in [-0.15, -0.1) is 0 Å². The zero-order valence-corrected chi connectivity index (χ0v) is 17.6. The minimum absolute atomic E-state index is 0.0670. The predicted octanol–water partition coefficient (Wildman–Crippen LogP) is 7.06. The molecule has 0 saturated carbocycles. The van der Waals surface area contributed by atoms with Crippen LogP contribution in [0.4, 0.5) is 5.69 Å². The molecule has 3 aromatic carbocycles. The lowest BCUT2D eigenvalue weighted by Gasteiger charge is -2.08. The van der Waals surface area contributed by atoms with E-state index in [4.69, 9.17) is 0 Å². The van der Waals surface area contributed by atoms with E-state index in [0.717, 1.165) is 39.0 Å². The van der Waals surface area contributed by atoms with Gasteiger partial charge in [0.2, 0.25) is 0 Å². The highest BCUT2D eigenvalue weighted by molar-refractivity contribution is 5.93. The smallest absolute Gasteiger partial charge is 0.269 e. The first-order valence-electron chi connectivity index (χ1n) is 10.5. The normalized spacial score (nSPS) is 11.3. The number of hydrogen-bond donors (Lipinski definition) is 1. The third kappa shape index (κ3) is 3.88. The molecule has 160 valence electrons. The maximum Gasteiger partial charge on any atom is 0.269 e. The SMILES string of the molecule is O=[N+]([O-])c1ccc(C=Cc2ccc3c(O)c(-c4ccccc4)c(-c4ccccc4)n3c2)cc1. The molecule has 5 heteroatoms.